The number of hydrogen-bond acceptors (Lipinski definition) is 5. The standard InChI is InChI=1S/C19H26N4O3S/c1-15(2)12-23-17(11-20-19(23)27(3,25)26)13-21-9-10-22(18(24)14-21)16-7-5-4-6-8-16/h4-8,11,15H,9-10,12-14H2,1-3H3. The lowest BCUT2D eigenvalue weighted by Crippen LogP contribution is -2.50. The summed E-state index contributed by atoms with van der Waals surface area (Å²) in [5, 5.41) is 0.0976. The van der Waals surface area contributed by atoms with Crippen LogP contribution in [0.5, 0.6) is 0 Å². The zero-order valence-electron chi connectivity index (χ0n) is 16.0. The molecule has 1 amide bonds. The minimum absolute atomic E-state index is 0.0470. The number of aromatic nitrogens is 2. The fraction of sp³-hybridized carbons (Fsp3) is 0.474. The first-order chi connectivity index (χ1) is 12.8. The molecule has 0 N–H and O–H groups in total. The summed E-state index contributed by atoms with van der Waals surface area (Å²) >= 11 is 0. The second-order valence-corrected chi connectivity index (χ2v) is 9.31. The van der Waals surface area contributed by atoms with Crippen LogP contribution in [0.3, 0.4) is 0 Å². The summed E-state index contributed by atoms with van der Waals surface area (Å²) in [6.07, 6.45) is 2.80. The summed E-state index contributed by atoms with van der Waals surface area (Å²) in [4.78, 5) is 20.6. The Morgan fingerprint density at radius 1 is 1.15 bits per heavy atom. The molecule has 0 radical (unpaired) electrons. The van der Waals surface area contributed by atoms with E-state index >= 15 is 0 Å². The molecule has 1 aliphatic heterocycles. The second kappa shape index (κ2) is 7.82. The second-order valence-electron chi connectivity index (χ2n) is 7.40. The summed E-state index contributed by atoms with van der Waals surface area (Å²) in [7, 11) is -3.40. The van der Waals surface area contributed by atoms with Gasteiger partial charge < -0.3 is 9.47 Å². The van der Waals surface area contributed by atoms with Gasteiger partial charge in [0.05, 0.1) is 18.4 Å². The maximum atomic E-state index is 12.6. The fourth-order valence-electron chi connectivity index (χ4n) is 3.34. The molecule has 3 rings (SSSR count). The van der Waals surface area contributed by atoms with Crippen LogP contribution >= 0.6 is 0 Å². The first kappa shape index (κ1) is 19.6. The number of para-hydroxylation sites is 1. The van der Waals surface area contributed by atoms with E-state index in [-0.39, 0.29) is 17.0 Å². The van der Waals surface area contributed by atoms with Gasteiger partial charge in [0.2, 0.25) is 20.9 Å². The SMILES string of the molecule is CC(C)Cn1c(CN2CCN(c3ccccc3)C(=O)C2)cnc1S(C)(=O)=O. The first-order valence-electron chi connectivity index (χ1n) is 9.08. The Morgan fingerprint density at radius 3 is 2.44 bits per heavy atom. The van der Waals surface area contributed by atoms with Gasteiger partial charge in [-0.25, -0.2) is 13.4 Å². The number of piperazine rings is 1. The van der Waals surface area contributed by atoms with Crippen LogP contribution in [0, 0.1) is 5.92 Å². The first-order valence-corrected chi connectivity index (χ1v) is 11.0. The Hall–Kier alpha value is -2.19. The van der Waals surface area contributed by atoms with Gasteiger partial charge in [0.25, 0.3) is 0 Å². The van der Waals surface area contributed by atoms with Crippen LogP contribution in [0.2, 0.25) is 0 Å². The molecule has 8 heteroatoms. The lowest BCUT2D eigenvalue weighted by molar-refractivity contribution is -0.121. The van der Waals surface area contributed by atoms with Gasteiger partial charge in [-0.2, -0.15) is 0 Å². The summed E-state index contributed by atoms with van der Waals surface area (Å²) in [5.41, 5.74) is 1.73. The van der Waals surface area contributed by atoms with Crippen molar-refractivity contribution in [1.29, 1.82) is 0 Å². The Kier molecular flexibility index (Phi) is 5.67. The van der Waals surface area contributed by atoms with Gasteiger partial charge in [0, 0.05) is 38.1 Å². The van der Waals surface area contributed by atoms with Crippen molar-refractivity contribution in [2.45, 2.75) is 32.1 Å². The normalized spacial score (nSPS) is 16.3. The number of rotatable bonds is 6. The third kappa shape index (κ3) is 4.56. The minimum atomic E-state index is -3.40. The fourth-order valence-corrected chi connectivity index (χ4v) is 4.18. The van der Waals surface area contributed by atoms with E-state index in [1.807, 2.05) is 49.1 Å². The Balaban J connectivity index is 1.75. The largest absolute Gasteiger partial charge is 0.317 e. The van der Waals surface area contributed by atoms with Crippen LogP contribution in [-0.4, -0.2) is 54.7 Å². The molecule has 0 unspecified atom stereocenters. The van der Waals surface area contributed by atoms with E-state index in [4.69, 9.17) is 0 Å². The molecule has 146 valence electrons. The highest BCUT2D eigenvalue weighted by atomic mass is 32.2. The topological polar surface area (TPSA) is 75.5 Å². The maximum absolute atomic E-state index is 12.6. The number of imidazole rings is 1. The number of anilines is 1. The summed E-state index contributed by atoms with van der Waals surface area (Å²) < 4.78 is 25.8. The molecule has 0 aliphatic carbocycles. The van der Waals surface area contributed by atoms with Gasteiger partial charge in [-0.1, -0.05) is 32.0 Å². The number of sulfone groups is 1. The van der Waals surface area contributed by atoms with Gasteiger partial charge in [-0.15, -0.1) is 0 Å². The molecule has 0 spiro atoms. The van der Waals surface area contributed by atoms with Crippen molar-refractivity contribution in [3.05, 3.63) is 42.2 Å². The van der Waals surface area contributed by atoms with Crippen molar-refractivity contribution < 1.29 is 13.2 Å². The number of amides is 1. The molecule has 1 aromatic carbocycles. The summed E-state index contributed by atoms with van der Waals surface area (Å²) in [6.45, 7) is 6.80. The lowest BCUT2D eigenvalue weighted by atomic mass is 10.2. The molecule has 2 heterocycles. The van der Waals surface area contributed by atoms with Crippen molar-refractivity contribution in [3.63, 3.8) is 0 Å². The van der Waals surface area contributed by atoms with Crippen molar-refractivity contribution in [2.75, 3.05) is 30.8 Å². The Labute approximate surface area is 160 Å². The predicted molar refractivity (Wildman–Crippen MR) is 104 cm³/mol. The number of nitrogens with zero attached hydrogens (tertiary/aromatic N) is 4. The molecule has 1 saturated heterocycles. The maximum Gasteiger partial charge on any atom is 0.241 e. The third-order valence-electron chi connectivity index (χ3n) is 4.53. The molecular weight excluding hydrogens is 364 g/mol. The lowest BCUT2D eigenvalue weighted by Gasteiger charge is -2.34. The molecular formula is C19H26N4O3S. The third-order valence-corrected chi connectivity index (χ3v) is 5.52. The van der Waals surface area contributed by atoms with Gasteiger partial charge in [-0.3, -0.25) is 9.69 Å². The molecule has 27 heavy (non-hydrogen) atoms. The molecule has 0 saturated carbocycles. The van der Waals surface area contributed by atoms with E-state index in [2.05, 4.69) is 4.98 Å². The van der Waals surface area contributed by atoms with Crippen LogP contribution in [-0.2, 0) is 27.7 Å². The van der Waals surface area contributed by atoms with Gasteiger partial charge in [0.1, 0.15) is 0 Å². The minimum Gasteiger partial charge on any atom is -0.317 e. The van der Waals surface area contributed by atoms with E-state index in [1.54, 1.807) is 15.7 Å². The van der Waals surface area contributed by atoms with Gasteiger partial charge in [-0.05, 0) is 18.1 Å². The van der Waals surface area contributed by atoms with Gasteiger partial charge in [0.15, 0.2) is 0 Å². The zero-order chi connectivity index (χ0) is 19.6. The smallest absolute Gasteiger partial charge is 0.241 e. The van der Waals surface area contributed by atoms with Crippen molar-refractivity contribution >= 4 is 21.4 Å². The van der Waals surface area contributed by atoms with Gasteiger partial charge >= 0.3 is 0 Å². The van der Waals surface area contributed by atoms with E-state index < -0.39 is 9.84 Å². The number of carbonyl (C=O) groups excluding carboxylic acids is 1. The number of carbonyl (C=O) groups is 1. The van der Waals surface area contributed by atoms with Crippen LogP contribution in [0.15, 0.2) is 41.7 Å². The quantitative estimate of drug-likeness (QED) is 0.752. The van der Waals surface area contributed by atoms with Crippen LogP contribution < -0.4 is 4.90 Å². The number of hydrogen-bond donors (Lipinski definition) is 0. The highest BCUT2D eigenvalue weighted by Crippen LogP contribution is 2.20. The average Bonchev–Trinajstić information content (AvgIpc) is 2.98. The Morgan fingerprint density at radius 2 is 1.85 bits per heavy atom. The number of benzene rings is 1. The summed E-state index contributed by atoms with van der Waals surface area (Å²) in [5.74, 6) is 0.334. The van der Waals surface area contributed by atoms with Crippen LogP contribution in [0.25, 0.3) is 0 Å². The molecule has 7 nitrogen and oxygen atoms in total. The average molecular weight is 391 g/mol. The highest BCUT2D eigenvalue weighted by molar-refractivity contribution is 7.90. The highest BCUT2D eigenvalue weighted by Gasteiger charge is 2.27. The molecule has 0 bridgehead atoms. The van der Waals surface area contributed by atoms with E-state index in [0.29, 0.717) is 26.2 Å². The van der Waals surface area contributed by atoms with Crippen molar-refractivity contribution in [3.8, 4) is 0 Å². The molecule has 2 aromatic rings. The van der Waals surface area contributed by atoms with Crippen molar-refractivity contribution in [2.24, 2.45) is 5.92 Å². The predicted octanol–water partition coefficient (Wildman–Crippen LogP) is 1.79. The molecule has 1 aromatic heterocycles. The van der Waals surface area contributed by atoms with Crippen LogP contribution in [0.4, 0.5) is 5.69 Å². The van der Waals surface area contributed by atoms with Crippen molar-refractivity contribution in [1.82, 2.24) is 14.5 Å². The van der Waals surface area contributed by atoms with E-state index in [9.17, 15) is 13.2 Å². The molecule has 1 aliphatic rings. The zero-order valence-corrected chi connectivity index (χ0v) is 16.8. The monoisotopic (exact) mass is 390 g/mol. The van der Waals surface area contributed by atoms with E-state index in [0.717, 1.165) is 17.9 Å². The molecule has 1 fully saturated rings. The van der Waals surface area contributed by atoms with Crippen LogP contribution in [0.1, 0.15) is 19.5 Å². The summed E-state index contributed by atoms with van der Waals surface area (Å²) in [6, 6.07) is 9.64. The molecule has 0 atom stereocenters. The van der Waals surface area contributed by atoms with E-state index in [1.165, 1.54) is 6.26 Å². The Bertz CT molecular complexity index is 906.